The Balaban J connectivity index is 3.25. The van der Waals surface area contributed by atoms with Crippen LogP contribution >= 0.6 is 0 Å². The maximum absolute atomic E-state index is 14.2. The van der Waals surface area contributed by atoms with Gasteiger partial charge in [-0.2, -0.15) is 0 Å². The van der Waals surface area contributed by atoms with E-state index in [0.29, 0.717) is 12.1 Å². The van der Waals surface area contributed by atoms with E-state index in [1.807, 2.05) is 0 Å². The highest BCUT2D eigenvalue weighted by Gasteiger charge is 2.49. The van der Waals surface area contributed by atoms with Crippen LogP contribution in [-0.4, -0.2) is 31.8 Å². The minimum atomic E-state index is -2.87. The zero-order valence-electron chi connectivity index (χ0n) is 17.3. The number of benzene rings is 1. The van der Waals surface area contributed by atoms with Crippen LogP contribution in [0.5, 0.6) is 5.75 Å². The fourth-order valence-corrected chi connectivity index (χ4v) is 14.9. The van der Waals surface area contributed by atoms with Crippen molar-refractivity contribution in [3.8, 4) is 5.75 Å². The standard InChI is InChI=1S/C6H3F3O.2C6H15OSi.Al/c7-3-1-4(8)6(10)5(9)2-3;2*1-4-8(7,5-2)6-3;/h1-2,10H;2*4-6H2,1-3H3;/q;2*-1;+3/p-1. The zero-order valence-corrected chi connectivity index (χ0v) is 20.5. The molecular formula is C18H32AlF3O3Si2. The van der Waals surface area contributed by atoms with Gasteiger partial charge in [0.05, 0.1) is 0 Å². The van der Waals surface area contributed by atoms with Gasteiger partial charge in [-0.25, -0.2) is 13.2 Å². The number of hydrogen-bond donors (Lipinski definition) is 0. The van der Waals surface area contributed by atoms with Gasteiger partial charge >= 0.3 is 15.1 Å². The normalized spacial score (nSPS) is 12.3. The Morgan fingerprint density at radius 1 is 0.704 bits per heavy atom. The highest BCUT2D eigenvalue weighted by Crippen LogP contribution is 2.30. The van der Waals surface area contributed by atoms with Gasteiger partial charge in [0.15, 0.2) is 34.0 Å². The molecule has 0 aliphatic carbocycles. The van der Waals surface area contributed by atoms with Crippen LogP contribution in [0.2, 0.25) is 36.3 Å². The van der Waals surface area contributed by atoms with E-state index in [0.717, 1.165) is 36.3 Å². The topological polar surface area (TPSA) is 27.7 Å². The van der Waals surface area contributed by atoms with Crippen LogP contribution in [0.25, 0.3) is 0 Å². The van der Waals surface area contributed by atoms with E-state index in [4.69, 9.17) is 10.7 Å². The number of halogens is 3. The first-order chi connectivity index (χ1) is 12.7. The second-order valence-corrected chi connectivity index (χ2v) is 18.5. The Morgan fingerprint density at radius 3 is 1.33 bits per heavy atom. The van der Waals surface area contributed by atoms with Crippen LogP contribution in [0.3, 0.4) is 0 Å². The van der Waals surface area contributed by atoms with Crippen molar-refractivity contribution in [2.24, 2.45) is 0 Å². The fraction of sp³-hybridized carbons (Fsp3) is 0.667. The lowest BCUT2D eigenvalue weighted by Gasteiger charge is -2.36. The molecule has 1 rings (SSSR count). The van der Waals surface area contributed by atoms with Crippen LogP contribution in [0.4, 0.5) is 13.2 Å². The quantitative estimate of drug-likeness (QED) is 0.350. The van der Waals surface area contributed by atoms with Crippen molar-refractivity contribution in [1.82, 2.24) is 0 Å². The van der Waals surface area contributed by atoms with Crippen LogP contribution in [0, 0.1) is 17.5 Å². The molecule has 0 fully saturated rings. The van der Waals surface area contributed by atoms with E-state index >= 15 is 0 Å². The molecule has 1 aromatic carbocycles. The average molecular weight is 437 g/mol. The average Bonchev–Trinajstić information content (AvgIpc) is 2.66. The summed E-state index contributed by atoms with van der Waals surface area (Å²) < 4.78 is 60.1. The molecule has 0 aliphatic heterocycles. The zero-order chi connectivity index (χ0) is 20.7. The summed E-state index contributed by atoms with van der Waals surface area (Å²) in [5, 5.41) is 0. The Kier molecular flexibility index (Phi) is 10.1. The summed E-state index contributed by atoms with van der Waals surface area (Å²) in [6.45, 7) is 12.5. The summed E-state index contributed by atoms with van der Waals surface area (Å²) in [7, 11) is -4.21. The molecule has 0 aliphatic rings. The van der Waals surface area contributed by atoms with Gasteiger partial charge in [-0.1, -0.05) is 41.5 Å². The summed E-state index contributed by atoms with van der Waals surface area (Å²) in [6.07, 6.45) is 0. The van der Waals surface area contributed by atoms with Gasteiger partial charge in [0.1, 0.15) is 5.82 Å². The van der Waals surface area contributed by atoms with Gasteiger partial charge in [0, 0.05) is 12.1 Å². The second-order valence-electron chi connectivity index (χ2n) is 6.83. The SMILES string of the molecule is CC[Si](CC)(CC)[O][Al]([O]c1c(F)cc(F)cc1F)[O][Si](CC)(CC)CC. The minimum Gasteiger partial charge on any atom is -0.595 e. The fourth-order valence-electron chi connectivity index (χ4n) is 3.22. The van der Waals surface area contributed by atoms with Crippen LogP contribution < -0.4 is 3.79 Å². The van der Waals surface area contributed by atoms with E-state index < -0.39 is 55.0 Å². The van der Waals surface area contributed by atoms with Crippen LogP contribution in [-0.2, 0) is 6.96 Å². The third kappa shape index (κ3) is 6.34. The third-order valence-electron chi connectivity index (χ3n) is 5.74. The molecule has 3 nitrogen and oxygen atoms in total. The molecule has 0 spiro atoms. The molecule has 154 valence electrons. The van der Waals surface area contributed by atoms with Crippen LogP contribution in [0.1, 0.15) is 41.5 Å². The highest BCUT2D eigenvalue weighted by atomic mass is 28.4. The lowest BCUT2D eigenvalue weighted by atomic mass is 10.3. The summed E-state index contributed by atoms with van der Waals surface area (Å²) in [6, 6.07) is 6.52. The van der Waals surface area contributed by atoms with Gasteiger partial charge in [0.2, 0.25) is 0 Å². The Bertz CT molecular complexity index is 538. The number of rotatable bonds is 12. The van der Waals surface area contributed by atoms with Crippen LogP contribution in [0.15, 0.2) is 12.1 Å². The van der Waals surface area contributed by atoms with Crippen molar-refractivity contribution < 1.29 is 23.9 Å². The van der Waals surface area contributed by atoms with Crippen molar-refractivity contribution in [2.75, 3.05) is 0 Å². The molecule has 0 amide bonds. The molecule has 0 heterocycles. The molecule has 0 aromatic heterocycles. The Hall–Kier alpha value is -0.304. The first kappa shape index (κ1) is 24.7. The predicted molar refractivity (Wildman–Crippen MR) is 109 cm³/mol. The summed E-state index contributed by atoms with van der Waals surface area (Å²) >= 11 is -2.87. The maximum Gasteiger partial charge on any atom is 0.979 e. The largest absolute Gasteiger partial charge is 0.979 e. The summed E-state index contributed by atoms with van der Waals surface area (Å²) in [4.78, 5) is 0. The molecule has 0 saturated heterocycles. The maximum atomic E-state index is 14.2. The summed E-state index contributed by atoms with van der Waals surface area (Å²) in [5.41, 5.74) is 0. The smallest absolute Gasteiger partial charge is 0.595 e. The molecular weight excluding hydrogens is 404 g/mol. The Labute approximate surface area is 168 Å². The van der Waals surface area contributed by atoms with Crippen molar-refractivity contribution in [3.63, 3.8) is 0 Å². The van der Waals surface area contributed by atoms with E-state index in [9.17, 15) is 13.2 Å². The van der Waals surface area contributed by atoms with E-state index in [2.05, 4.69) is 41.5 Å². The molecule has 0 saturated carbocycles. The lowest BCUT2D eigenvalue weighted by Crippen LogP contribution is -2.52. The predicted octanol–water partition coefficient (Wildman–Crippen LogP) is 6.51. The molecule has 0 bridgehead atoms. The van der Waals surface area contributed by atoms with Gasteiger partial charge in [-0.3, -0.25) is 0 Å². The van der Waals surface area contributed by atoms with E-state index in [-0.39, 0.29) is 0 Å². The monoisotopic (exact) mass is 436 g/mol. The van der Waals surface area contributed by atoms with Gasteiger partial charge in [-0.05, 0) is 36.3 Å². The molecule has 0 unspecified atom stereocenters. The van der Waals surface area contributed by atoms with E-state index in [1.54, 1.807) is 0 Å². The first-order valence-corrected chi connectivity index (χ1v) is 16.4. The molecule has 0 N–H and O–H groups in total. The third-order valence-corrected chi connectivity index (χ3v) is 19.4. The minimum absolute atomic E-state index is 0.592. The second kappa shape index (κ2) is 11.0. The van der Waals surface area contributed by atoms with E-state index in [1.165, 1.54) is 0 Å². The number of hydrogen-bond acceptors (Lipinski definition) is 3. The van der Waals surface area contributed by atoms with Crippen molar-refractivity contribution in [2.45, 2.75) is 77.8 Å². The molecule has 9 heteroatoms. The first-order valence-electron chi connectivity index (χ1n) is 9.91. The molecule has 1 aromatic rings. The van der Waals surface area contributed by atoms with Crippen molar-refractivity contribution >= 4 is 31.8 Å². The Morgan fingerprint density at radius 2 is 1.04 bits per heavy atom. The molecule has 0 atom stereocenters. The van der Waals surface area contributed by atoms with Crippen molar-refractivity contribution in [1.29, 1.82) is 0 Å². The highest BCUT2D eigenvalue weighted by molar-refractivity contribution is 6.82. The molecule has 0 radical (unpaired) electrons. The summed E-state index contributed by atoms with van der Waals surface area (Å²) in [5.74, 6) is -3.70. The van der Waals surface area contributed by atoms with Gasteiger partial charge in [-0.15, -0.1) is 0 Å². The molecule has 27 heavy (non-hydrogen) atoms. The van der Waals surface area contributed by atoms with Gasteiger partial charge in [0.25, 0.3) is 0 Å². The van der Waals surface area contributed by atoms with Crippen molar-refractivity contribution in [3.05, 3.63) is 29.6 Å². The lowest BCUT2D eigenvalue weighted by molar-refractivity contribution is 0.278. The van der Waals surface area contributed by atoms with Gasteiger partial charge < -0.3 is 10.7 Å².